The molecule has 0 aliphatic carbocycles. The molecule has 1 aromatic rings. The van der Waals surface area contributed by atoms with E-state index in [0.29, 0.717) is 0 Å². The van der Waals surface area contributed by atoms with Gasteiger partial charge in [-0.1, -0.05) is 17.7 Å². The van der Waals surface area contributed by atoms with Crippen LogP contribution < -0.4 is 0 Å². The van der Waals surface area contributed by atoms with Gasteiger partial charge in [-0.05, 0) is 32.9 Å². The first-order valence-electron chi connectivity index (χ1n) is 7.72. The van der Waals surface area contributed by atoms with Crippen LogP contribution in [0.25, 0.3) is 0 Å². The van der Waals surface area contributed by atoms with Gasteiger partial charge in [-0.25, -0.2) is 0 Å². The monoisotopic (exact) mass is 358 g/mol. The van der Waals surface area contributed by atoms with Gasteiger partial charge < -0.3 is 18.9 Å². The van der Waals surface area contributed by atoms with Gasteiger partial charge in [0.1, 0.15) is 18.3 Å². The maximum atomic E-state index is 12.3. The number of methoxy groups -OCH3 is 1. The van der Waals surface area contributed by atoms with Crippen molar-refractivity contribution in [3.05, 3.63) is 29.8 Å². The number of aryl methyl sites for hydroxylation is 1. The first-order chi connectivity index (χ1) is 11.2. The summed E-state index contributed by atoms with van der Waals surface area (Å²) in [4.78, 5) is 0.106. The summed E-state index contributed by atoms with van der Waals surface area (Å²) in [5.74, 6) is -0.774. The number of fused-ring (bicyclic) bond motifs is 1. The second-order valence-electron chi connectivity index (χ2n) is 6.40. The highest BCUT2D eigenvalue weighted by Crippen LogP contribution is 2.39. The molecule has 3 rings (SSSR count). The van der Waals surface area contributed by atoms with Gasteiger partial charge in [0.15, 0.2) is 12.1 Å². The summed E-state index contributed by atoms with van der Waals surface area (Å²) >= 11 is 0. The van der Waals surface area contributed by atoms with Crippen molar-refractivity contribution in [1.82, 2.24) is 0 Å². The van der Waals surface area contributed by atoms with Crippen LogP contribution in [0.2, 0.25) is 0 Å². The molecule has 2 aliphatic heterocycles. The molecule has 2 heterocycles. The Morgan fingerprint density at radius 2 is 1.75 bits per heavy atom. The van der Waals surface area contributed by atoms with E-state index >= 15 is 0 Å². The lowest BCUT2D eigenvalue weighted by Gasteiger charge is -2.23. The van der Waals surface area contributed by atoms with Crippen LogP contribution >= 0.6 is 0 Å². The van der Waals surface area contributed by atoms with Crippen LogP contribution in [0, 0.1) is 6.92 Å². The number of benzene rings is 1. The first-order valence-corrected chi connectivity index (χ1v) is 9.13. The molecule has 0 radical (unpaired) electrons. The van der Waals surface area contributed by atoms with Crippen LogP contribution in [0.1, 0.15) is 19.4 Å². The van der Waals surface area contributed by atoms with E-state index in [1.807, 2.05) is 6.92 Å². The van der Waals surface area contributed by atoms with E-state index in [1.54, 1.807) is 26.0 Å². The number of hydrogen-bond acceptors (Lipinski definition) is 7. The Kier molecular flexibility index (Phi) is 4.71. The van der Waals surface area contributed by atoms with Crippen LogP contribution in [0.4, 0.5) is 0 Å². The summed E-state index contributed by atoms with van der Waals surface area (Å²) < 4.78 is 52.2. The SMILES string of the molecule is COC1O[C@H](COS(=O)(=O)c2ccc(C)cc2)C2OC(C)(C)OC12. The molecular weight excluding hydrogens is 336 g/mol. The van der Waals surface area contributed by atoms with Gasteiger partial charge in [0.25, 0.3) is 10.1 Å². The molecule has 2 aliphatic rings. The third-order valence-corrected chi connectivity index (χ3v) is 5.33. The average Bonchev–Trinajstić information content (AvgIpc) is 2.99. The molecular formula is C16H22O7S. The molecule has 0 bridgehead atoms. The van der Waals surface area contributed by atoms with E-state index in [4.69, 9.17) is 23.1 Å². The van der Waals surface area contributed by atoms with Gasteiger partial charge >= 0.3 is 0 Å². The quantitative estimate of drug-likeness (QED) is 0.740. The van der Waals surface area contributed by atoms with Crippen LogP contribution in [-0.2, 0) is 33.2 Å². The van der Waals surface area contributed by atoms with Gasteiger partial charge in [-0.2, -0.15) is 8.42 Å². The molecule has 7 nitrogen and oxygen atoms in total. The summed E-state index contributed by atoms with van der Waals surface area (Å²) in [6.45, 7) is 5.29. The largest absolute Gasteiger partial charge is 0.353 e. The smallest absolute Gasteiger partial charge is 0.297 e. The Balaban J connectivity index is 1.69. The maximum Gasteiger partial charge on any atom is 0.297 e. The van der Waals surface area contributed by atoms with Gasteiger partial charge in [0, 0.05) is 7.11 Å². The van der Waals surface area contributed by atoms with Crippen molar-refractivity contribution < 1.29 is 31.5 Å². The van der Waals surface area contributed by atoms with Gasteiger partial charge in [0.05, 0.1) is 11.5 Å². The molecule has 0 N–H and O–H groups in total. The first kappa shape index (κ1) is 17.8. The summed E-state index contributed by atoms with van der Waals surface area (Å²) in [5.41, 5.74) is 0.970. The third-order valence-electron chi connectivity index (χ3n) is 4.04. The fraction of sp³-hybridized carbons (Fsp3) is 0.625. The Morgan fingerprint density at radius 1 is 1.12 bits per heavy atom. The summed E-state index contributed by atoms with van der Waals surface area (Å²) in [6, 6.07) is 6.46. The normalized spacial score (nSPS) is 32.0. The number of ether oxygens (including phenoxy) is 4. The zero-order valence-electron chi connectivity index (χ0n) is 14.1. The molecule has 0 spiro atoms. The van der Waals surface area contributed by atoms with E-state index in [0.717, 1.165) is 5.56 Å². The van der Waals surface area contributed by atoms with Gasteiger partial charge in [0.2, 0.25) is 0 Å². The van der Waals surface area contributed by atoms with Crippen molar-refractivity contribution in [2.45, 2.75) is 56.1 Å². The van der Waals surface area contributed by atoms with E-state index in [-0.39, 0.29) is 11.5 Å². The number of rotatable bonds is 5. The lowest BCUT2D eigenvalue weighted by atomic mass is 10.1. The van der Waals surface area contributed by atoms with E-state index in [1.165, 1.54) is 19.2 Å². The minimum atomic E-state index is -3.86. The highest BCUT2D eigenvalue weighted by Gasteiger charge is 2.55. The highest BCUT2D eigenvalue weighted by molar-refractivity contribution is 7.86. The molecule has 24 heavy (non-hydrogen) atoms. The van der Waals surface area contributed by atoms with E-state index in [9.17, 15) is 8.42 Å². The van der Waals surface area contributed by atoms with Crippen molar-refractivity contribution in [2.24, 2.45) is 0 Å². The van der Waals surface area contributed by atoms with E-state index in [2.05, 4.69) is 0 Å². The summed E-state index contributed by atoms with van der Waals surface area (Å²) in [7, 11) is -2.36. The maximum absolute atomic E-state index is 12.3. The average molecular weight is 358 g/mol. The predicted molar refractivity (Wildman–Crippen MR) is 83.8 cm³/mol. The van der Waals surface area contributed by atoms with Crippen LogP contribution in [-0.4, -0.2) is 52.5 Å². The Morgan fingerprint density at radius 3 is 2.38 bits per heavy atom. The standard InChI is InChI=1S/C16H22O7S/c1-10-5-7-11(8-6-10)24(17,18)20-9-12-13-14(15(19-4)21-12)23-16(2,3)22-13/h5-8,12-15H,9H2,1-4H3/t12-,13?,14?,15?/m1/s1. The molecule has 0 amide bonds. The molecule has 4 atom stereocenters. The molecule has 1 aromatic carbocycles. The van der Waals surface area contributed by atoms with Crippen molar-refractivity contribution in [3.63, 3.8) is 0 Å². The second-order valence-corrected chi connectivity index (χ2v) is 8.01. The van der Waals surface area contributed by atoms with Crippen LogP contribution in [0.5, 0.6) is 0 Å². The fourth-order valence-electron chi connectivity index (χ4n) is 2.90. The molecule has 8 heteroatoms. The minimum absolute atomic E-state index is 0.106. The van der Waals surface area contributed by atoms with Crippen molar-refractivity contribution in [2.75, 3.05) is 13.7 Å². The Hall–Kier alpha value is -1.03. The molecule has 0 saturated carbocycles. The molecule has 134 valence electrons. The zero-order chi connectivity index (χ0) is 17.5. The molecule has 2 fully saturated rings. The van der Waals surface area contributed by atoms with Crippen molar-refractivity contribution in [1.29, 1.82) is 0 Å². The van der Waals surface area contributed by atoms with Gasteiger partial charge in [-0.15, -0.1) is 0 Å². The Bertz CT molecular complexity index is 683. The molecule has 0 aromatic heterocycles. The van der Waals surface area contributed by atoms with Crippen LogP contribution in [0.3, 0.4) is 0 Å². The molecule has 3 unspecified atom stereocenters. The third kappa shape index (κ3) is 3.49. The van der Waals surface area contributed by atoms with Crippen LogP contribution in [0.15, 0.2) is 29.2 Å². The van der Waals surface area contributed by atoms with E-state index < -0.39 is 40.5 Å². The fourth-order valence-corrected chi connectivity index (χ4v) is 3.81. The topological polar surface area (TPSA) is 80.3 Å². The lowest BCUT2D eigenvalue weighted by molar-refractivity contribution is -0.229. The second kappa shape index (κ2) is 6.36. The Labute approximate surface area is 141 Å². The van der Waals surface area contributed by atoms with Crippen molar-refractivity contribution >= 4 is 10.1 Å². The molecule has 2 saturated heterocycles. The predicted octanol–water partition coefficient (Wildman–Crippen LogP) is 1.59. The lowest BCUT2D eigenvalue weighted by Crippen LogP contribution is -2.33. The zero-order valence-corrected chi connectivity index (χ0v) is 14.9. The highest BCUT2D eigenvalue weighted by atomic mass is 32.2. The van der Waals surface area contributed by atoms with Crippen molar-refractivity contribution in [3.8, 4) is 0 Å². The summed E-state index contributed by atoms with van der Waals surface area (Å²) in [6.07, 6.45) is -2.08. The summed E-state index contributed by atoms with van der Waals surface area (Å²) in [5, 5.41) is 0. The minimum Gasteiger partial charge on any atom is -0.353 e. The number of hydrogen-bond donors (Lipinski definition) is 0. The van der Waals surface area contributed by atoms with Gasteiger partial charge in [-0.3, -0.25) is 4.18 Å².